The van der Waals surface area contributed by atoms with E-state index in [0.29, 0.717) is 5.41 Å². The molecule has 0 aliphatic carbocycles. The molecule has 1 heterocycles. The van der Waals surface area contributed by atoms with Crippen LogP contribution in [0.3, 0.4) is 0 Å². The molecule has 0 saturated carbocycles. The van der Waals surface area contributed by atoms with Crippen molar-refractivity contribution in [2.45, 2.75) is 39.5 Å². The average Bonchev–Trinajstić information content (AvgIpc) is 2.49. The Kier molecular flexibility index (Phi) is 5.26. The zero-order valence-electron chi connectivity index (χ0n) is 12.5. The molecular weight excluding hydrogens is 232 g/mol. The quantitative estimate of drug-likeness (QED) is 0.831. The van der Waals surface area contributed by atoms with Crippen molar-refractivity contribution in [2.75, 3.05) is 31.5 Å². The van der Waals surface area contributed by atoms with Gasteiger partial charge in [-0.05, 0) is 43.5 Å². The third-order valence-corrected chi connectivity index (χ3v) is 4.95. The molecule has 1 aliphatic rings. The number of piperidine rings is 1. The van der Waals surface area contributed by atoms with E-state index in [9.17, 15) is 0 Å². The number of rotatable bonds is 6. The fraction of sp³-hybridized carbons (Fsp3) is 0.647. The molecule has 0 atom stereocenters. The van der Waals surface area contributed by atoms with E-state index in [0.717, 1.165) is 6.54 Å². The van der Waals surface area contributed by atoms with Crippen molar-refractivity contribution in [1.29, 1.82) is 0 Å². The average molecular weight is 260 g/mol. The summed E-state index contributed by atoms with van der Waals surface area (Å²) < 4.78 is 0. The summed E-state index contributed by atoms with van der Waals surface area (Å²) in [6.07, 6.45) is 5.45. The van der Waals surface area contributed by atoms with Crippen LogP contribution >= 0.6 is 0 Å². The molecule has 1 aromatic carbocycles. The Labute approximate surface area is 118 Å². The maximum Gasteiger partial charge on any atom is 0.0340 e. The van der Waals surface area contributed by atoms with Gasteiger partial charge in [-0.1, -0.05) is 44.9 Å². The van der Waals surface area contributed by atoms with Crippen molar-refractivity contribution in [2.24, 2.45) is 5.41 Å². The lowest BCUT2D eigenvalue weighted by Gasteiger charge is -2.41. The maximum atomic E-state index is 3.50. The van der Waals surface area contributed by atoms with Crippen molar-refractivity contribution in [3.05, 3.63) is 30.3 Å². The second-order valence-electron chi connectivity index (χ2n) is 5.84. The molecule has 2 rings (SSSR count). The number of likely N-dealkylation sites (tertiary alicyclic amines) is 1. The molecule has 1 aliphatic heterocycles. The number of nitrogens with one attached hydrogen (secondary N) is 1. The zero-order valence-corrected chi connectivity index (χ0v) is 12.5. The normalized spacial score (nSPS) is 19.3. The molecule has 2 nitrogen and oxygen atoms in total. The van der Waals surface area contributed by atoms with Gasteiger partial charge in [0.25, 0.3) is 0 Å². The molecule has 1 aromatic rings. The second-order valence-corrected chi connectivity index (χ2v) is 5.84. The van der Waals surface area contributed by atoms with Crippen LogP contribution in [0.5, 0.6) is 0 Å². The highest BCUT2D eigenvalue weighted by Crippen LogP contribution is 2.37. The number of para-hydroxylation sites is 1. The Morgan fingerprint density at radius 3 is 2.26 bits per heavy atom. The van der Waals surface area contributed by atoms with Gasteiger partial charge in [0.15, 0.2) is 0 Å². The summed E-state index contributed by atoms with van der Waals surface area (Å²) >= 11 is 0. The lowest BCUT2D eigenvalue weighted by Crippen LogP contribution is -2.41. The Bertz CT molecular complexity index is 347. The van der Waals surface area contributed by atoms with Gasteiger partial charge in [-0.15, -0.1) is 0 Å². The zero-order chi connectivity index (χ0) is 13.6. The standard InChI is InChI=1S/C17H28N2/c1-3-17(4-2)10-13-19(14-11-17)15-12-18-16-8-6-5-7-9-16/h5-9,18H,3-4,10-15H2,1-2H3. The van der Waals surface area contributed by atoms with Crippen molar-refractivity contribution in [3.63, 3.8) is 0 Å². The van der Waals surface area contributed by atoms with E-state index in [2.05, 4.69) is 54.4 Å². The van der Waals surface area contributed by atoms with Crippen LogP contribution in [-0.2, 0) is 0 Å². The van der Waals surface area contributed by atoms with Crippen LogP contribution < -0.4 is 5.32 Å². The van der Waals surface area contributed by atoms with E-state index in [4.69, 9.17) is 0 Å². The predicted octanol–water partition coefficient (Wildman–Crippen LogP) is 4.00. The maximum absolute atomic E-state index is 3.50. The summed E-state index contributed by atoms with van der Waals surface area (Å²) in [5.74, 6) is 0. The molecule has 0 radical (unpaired) electrons. The number of hydrogen-bond donors (Lipinski definition) is 1. The van der Waals surface area contributed by atoms with Gasteiger partial charge in [0.1, 0.15) is 0 Å². The monoisotopic (exact) mass is 260 g/mol. The number of anilines is 1. The highest BCUT2D eigenvalue weighted by Gasteiger charge is 2.30. The summed E-state index contributed by atoms with van der Waals surface area (Å²) in [5, 5.41) is 3.50. The van der Waals surface area contributed by atoms with E-state index in [1.807, 2.05) is 0 Å². The van der Waals surface area contributed by atoms with Gasteiger partial charge in [-0.25, -0.2) is 0 Å². The highest BCUT2D eigenvalue weighted by molar-refractivity contribution is 5.42. The predicted molar refractivity (Wildman–Crippen MR) is 83.6 cm³/mol. The molecule has 1 N–H and O–H groups in total. The molecule has 1 fully saturated rings. The molecule has 0 amide bonds. The summed E-state index contributed by atoms with van der Waals surface area (Å²) in [5.41, 5.74) is 1.87. The Morgan fingerprint density at radius 1 is 1.05 bits per heavy atom. The lowest BCUT2D eigenvalue weighted by molar-refractivity contribution is 0.0983. The first-order valence-corrected chi connectivity index (χ1v) is 7.79. The van der Waals surface area contributed by atoms with Crippen LogP contribution in [0, 0.1) is 5.41 Å². The van der Waals surface area contributed by atoms with E-state index < -0.39 is 0 Å². The van der Waals surface area contributed by atoms with E-state index in [1.54, 1.807) is 0 Å². The molecule has 0 aromatic heterocycles. The number of benzene rings is 1. The first-order chi connectivity index (χ1) is 9.28. The first-order valence-electron chi connectivity index (χ1n) is 7.79. The van der Waals surface area contributed by atoms with Gasteiger partial charge in [0, 0.05) is 18.8 Å². The van der Waals surface area contributed by atoms with Crippen LogP contribution in [0.1, 0.15) is 39.5 Å². The van der Waals surface area contributed by atoms with E-state index >= 15 is 0 Å². The summed E-state index contributed by atoms with van der Waals surface area (Å²) in [6, 6.07) is 10.5. The van der Waals surface area contributed by atoms with Gasteiger partial charge in [-0.3, -0.25) is 0 Å². The van der Waals surface area contributed by atoms with Gasteiger partial charge < -0.3 is 10.2 Å². The number of hydrogen-bond acceptors (Lipinski definition) is 2. The number of nitrogens with zero attached hydrogens (tertiary/aromatic N) is 1. The van der Waals surface area contributed by atoms with Crippen LogP contribution in [-0.4, -0.2) is 31.1 Å². The Morgan fingerprint density at radius 2 is 1.68 bits per heavy atom. The second kappa shape index (κ2) is 6.95. The van der Waals surface area contributed by atoms with E-state index in [-0.39, 0.29) is 0 Å². The minimum absolute atomic E-state index is 0.642. The minimum Gasteiger partial charge on any atom is -0.384 e. The molecule has 1 saturated heterocycles. The van der Waals surface area contributed by atoms with Crippen LogP contribution in [0.2, 0.25) is 0 Å². The molecule has 19 heavy (non-hydrogen) atoms. The SMILES string of the molecule is CCC1(CC)CCN(CCNc2ccccc2)CC1. The van der Waals surface area contributed by atoms with Gasteiger partial charge in [-0.2, -0.15) is 0 Å². The Balaban J connectivity index is 1.69. The lowest BCUT2D eigenvalue weighted by atomic mass is 9.74. The third-order valence-electron chi connectivity index (χ3n) is 4.95. The smallest absolute Gasteiger partial charge is 0.0340 e. The Hall–Kier alpha value is -1.02. The summed E-state index contributed by atoms with van der Waals surface area (Å²) in [4.78, 5) is 2.61. The molecular formula is C17H28N2. The fourth-order valence-corrected chi connectivity index (χ4v) is 3.12. The van der Waals surface area contributed by atoms with E-state index in [1.165, 1.54) is 51.0 Å². The molecule has 2 heteroatoms. The molecule has 0 spiro atoms. The molecule has 106 valence electrons. The van der Waals surface area contributed by atoms with Crippen LogP contribution in [0.15, 0.2) is 30.3 Å². The minimum atomic E-state index is 0.642. The van der Waals surface area contributed by atoms with Crippen molar-refractivity contribution >= 4 is 5.69 Å². The summed E-state index contributed by atoms with van der Waals surface area (Å²) in [6.45, 7) is 9.48. The first kappa shape index (κ1) is 14.4. The van der Waals surface area contributed by atoms with Crippen molar-refractivity contribution < 1.29 is 0 Å². The van der Waals surface area contributed by atoms with Crippen molar-refractivity contribution in [1.82, 2.24) is 4.90 Å². The van der Waals surface area contributed by atoms with Crippen LogP contribution in [0.25, 0.3) is 0 Å². The van der Waals surface area contributed by atoms with Gasteiger partial charge in [0.05, 0.1) is 0 Å². The van der Waals surface area contributed by atoms with Crippen LogP contribution in [0.4, 0.5) is 5.69 Å². The van der Waals surface area contributed by atoms with Gasteiger partial charge in [0.2, 0.25) is 0 Å². The fourth-order valence-electron chi connectivity index (χ4n) is 3.12. The third kappa shape index (κ3) is 3.97. The summed E-state index contributed by atoms with van der Waals surface area (Å²) in [7, 11) is 0. The molecule has 0 bridgehead atoms. The largest absolute Gasteiger partial charge is 0.384 e. The van der Waals surface area contributed by atoms with Gasteiger partial charge >= 0.3 is 0 Å². The van der Waals surface area contributed by atoms with Crippen molar-refractivity contribution in [3.8, 4) is 0 Å². The topological polar surface area (TPSA) is 15.3 Å². The molecule has 0 unspecified atom stereocenters. The highest BCUT2D eigenvalue weighted by atomic mass is 15.1.